The highest BCUT2D eigenvalue weighted by molar-refractivity contribution is 5.80. The monoisotopic (exact) mass is 114 g/mol. The molecular formula is C3H6N4O+. The lowest BCUT2D eigenvalue weighted by atomic mass is 10.5. The van der Waals surface area contributed by atoms with Crippen LogP contribution in [0, 0.1) is 0 Å². The van der Waals surface area contributed by atoms with E-state index in [2.05, 4.69) is 10.3 Å². The van der Waals surface area contributed by atoms with E-state index in [1.165, 1.54) is 5.01 Å². The van der Waals surface area contributed by atoms with Crippen molar-refractivity contribution < 1.29 is 4.79 Å². The Balaban J connectivity index is 2.69. The SMILES string of the molecule is CN1N=[N+]C(=O)C1N. The second kappa shape index (κ2) is 1.52. The minimum absolute atomic E-state index is 0.382. The van der Waals surface area contributed by atoms with Gasteiger partial charge in [0.15, 0.2) is 0 Å². The molecule has 0 bridgehead atoms. The van der Waals surface area contributed by atoms with E-state index in [1.54, 1.807) is 7.05 Å². The van der Waals surface area contributed by atoms with E-state index in [1.807, 2.05) is 0 Å². The molecule has 0 spiro atoms. The molecule has 1 rings (SSSR count). The predicted molar refractivity (Wildman–Crippen MR) is 25.3 cm³/mol. The molecule has 0 aromatic rings. The molecule has 1 aliphatic heterocycles. The van der Waals surface area contributed by atoms with Crippen molar-refractivity contribution in [1.82, 2.24) is 10.1 Å². The second-order valence-corrected chi connectivity index (χ2v) is 1.55. The van der Waals surface area contributed by atoms with Gasteiger partial charge < -0.3 is 0 Å². The first kappa shape index (κ1) is 5.17. The van der Waals surface area contributed by atoms with Crippen LogP contribution in [0.5, 0.6) is 0 Å². The number of nitrogens with zero attached hydrogens (tertiary/aromatic N) is 3. The molecule has 0 fully saturated rings. The molecule has 0 aliphatic carbocycles. The Hall–Kier alpha value is -0.970. The van der Waals surface area contributed by atoms with Crippen molar-refractivity contribution in [2.24, 2.45) is 11.0 Å². The molecule has 1 unspecified atom stereocenters. The number of nitrogens with two attached hydrogens (primary N) is 1. The van der Waals surface area contributed by atoms with E-state index in [9.17, 15) is 4.79 Å². The van der Waals surface area contributed by atoms with Gasteiger partial charge in [-0.25, -0.2) is 4.79 Å². The average molecular weight is 114 g/mol. The minimum atomic E-state index is -0.657. The lowest BCUT2D eigenvalue weighted by Crippen LogP contribution is -2.38. The Morgan fingerprint density at radius 2 is 2.62 bits per heavy atom. The third-order valence-electron chi connectivity index (χ3n) is 0.940. The summed E-state index contributed by atoms with van der Waals surface area (Å²) in [5, 5.41) is 7.88. The fraction of sp³-hybridized carbons (Fsp3) is 0.667. The molecule has 1 aliphatic rings. The maximum atomic E-state index is 10.4. The van der Waals surface area contributed by atoms with Crippen molar-refractivity contribution in [3.63, 3.8) is 0 Å². The zero-order valence-corrected chi connectivity index (χ0v) is 4.40. The van der Waals surface area contributed by atoms with Gasteiger partial charge in [0.2, 0.25) is 0 Å². The van der Waals surface area contributed by atoms with Crippen molar-refractivity contribution in [3.05, 3.63) is 0 Å². The van der Waals surface area contributed by atoms with E-state index in [0.29, 0.717) is 0 Å². The summed E-state index contributed by atoms with van der Waals surface area (Å²) in [5.41, 5.74) is 5.21. The van der Waals surface area contributed by atoms with Crippen LogP contribution in [-0.2, 0) is 4.79 Å². The normalized spacial score (nSPS) is 27.5. The summed E-state index contributed by atoms with van der Waals surface area (Å²) in [5.74, 6) is -0.382. The van der Waals surface area contributed by atoms with E-state index in [4.69, 9.17) is 5.73 Å². The van der Waals surface area contributed by atoms with Gasteiger partial charge in [-0.1, -0.05) is 0 Å². The summed E-state index contributed by atoms with van der Waals surface area (Å²) in [4.78, 5) is 10.4. The van der Waals surface area contributed by atoms with Crippen molar-refractivity contribution >= 4 is 5.91 Å². The van der Waals surface area contributed by atoms with Crippen molar-refractivity contribution in [3.8, 4) is 0 Å². The molecule has 1 amide bonds. The summed E-state index contributed by atoms with van der Waals surface area (Å²) in [6.45, 7) is 0. The van der Waals surface area contributed by atoms with Crippen LogP contribution in [0.1, 0.15) is 0 Å². The van der Waals surface area contributed by atoms with Crippen LogP contribution in [0.15, 0.2) is 5.22 Å². The van der Waals surface area contributed by atoms with E-state index < -0.39 is 6.17 Å². The Bertz CT molecular complexity index is 142. The van der Waals surface area contributed by atoms with Gasteiger partial charge in [-0.05, 0) is 0 Å². The lowest BCUT2D eigenvalue weighted by molar-refractivity contribution is -0.121. The highest BCUT2D eigenvalue weighted by Gasteiger charge is 2.34. The van der Waals surface area contributed by atoms with E-state index >= 15 is 0 Å². The fourth-order valence-electron chi connectivity index (χ4n) is 0.389. The zero-order chi connectivity index (χ0) is 6.15. The average Bonchev–Trinajstić information content (AvgIpc) is 1.98. The molecule has 8 heavy (non-hydrogen) atoms. The molecule has 0 aromatic heterocycles. The molecule has 1 atom stereocenters. The molecule has 5 heteroatoms. The number of amides is 1. The number of rotatable bonds is 0. The zero-order valence-electron chi connectivity index (χ0n) is 4.40. The molecule has 1 heterocycles. The van der Waals surface area contributed by atoms with Crippen LogP contribution in [0.25, 0.3) is 0 Å². The molecule has 0 aromatic carbocycles. The number of hydrogen-bond acceptors (Lipinski definition) is 4. The third-order valence-corrected chi connectivity index (χ3v) is 0.940. The summed E-state index contributed by atoms with van der Waals surface area (Å²) in [6.07, 6.45) is -0.657. The number of likely N-dealkylation sites (N-methyl/N-ethyl adjacent to an activating group) is 1. The third kappa shape index (κ3) is 0.564. The van der Waals surface area contributed by atoms with Crippen molar-refractivity contribution in [1.29, 1.82) is 0 Å². The van der Waals surface area contributed by atoms with Gasteiger partial charge in [-0.3, -0.25) is 5.73 Å². The smallest absolute Gasteiger partial charge is 0.281 e. The van der Waals surface area contributed by atoms with Gasteiger partial charge in [0, 0.05) is 0 Å². The second-order valence-electron chi connectivity index (χ2n) is 1.55. The summed E-state index contributed by atoms with van der Waals surface area (Å²) in [6, 6.07) is 0. The number of carbonyl (C=O) groups excluding carboxylic acids is 1. The molecular weight excluding hydrogens is 108 g/mol. The van der Waals surface area contributed by atoms with Crippen LogP contribution >= 0.6 is 0 Å². The molecule has 2 N–H and O–H groups in total. The van der Waals surface area contributed by atoms with Crippen LogP contribution in [0.2, 0.25) is 0 Å². The topological polar surface area (TPSA) is 72.8 Å². The van der Waals surface area contributed by atoms with Gasteiger partial charge in [-0.2, -0.15) is 0 Å². The Morgan fingerprint density at radius 3 is 2.75 bits per heavy atom. The van der Waals surface area contributed by atoms with Gasteiger partial charge in [0.05, 0.1) is 7.05 Å². The first-order valence-corrected chi connectivity index (χ1v) is 2.16. The molecule has 0 saturated heterocycles. The van der Waals surface area contributed by atoms with Crippen molar-refractivity contribution in [2.45, 2.75) is 6.17 Å². The Labute approximate surface area is 46.1 Å². The molecule has 1 radical (unpaired) electrons. The fourth-order valence-corrected chi connectivity index (χ4v) is 0.389. The quantitative estimate of drug-likeness (QED) is 0.414. The molecule has 43 valence electrons. The van der Waals surface area contributed by atoms with E-state index in [-0.39, 0.29) is 5.91 Å². The maximum absolute atomic E-state index is 10.4. The minimum Gasteiger partial charge on any atom is -0.281 e. The van der Waals surface area contributed by atoms with Crippen molar-refractivity contribution in [2.75, 3.05) is 7.05 Å². The Kier molecular flexibility index (Phi) is 0.980. The van der Waals surface area contributed by atoms with E-state index in [0.717, 1.165) is 0 Å². The summed E-state index contributed by atoms with van der Waals surface area (Å²) < 4.78 is 0. The summed E-state index contributed by atoms with van der Waals surface area (Å²) >= 11 is 0. The number of hydrogen-bond donors (Lipinski definition) is 1. The van der Waals surface area contributed by atoms with Crippen LogP contribution in [-0.4, -0.2) is 24.1 Å². The van der Waals surface area contributed by atoms with Crippen LogP contribution in [0.3, 0.4) is 0 Å². The van der Waals surface area contributed by atoms with Gasteiger partial charge in [0.25, 0.3) is 6.17 Å². The Morgan fingerprint density at radius 1 is 2.00 bits per heavy atom. The first-order chi connectivity index (χ1) is 3.72. The first-order valence-electron chi connectivity index (χ1n) is 2.16. The standard InChI is InChI=1S/C3H6N4O/c1-7-2(4)3(8)5-6-7/h2H,4H2,1H3/q+1. The van der Waals surface area contributed by atoms with Gasteiger partial charge >= 0.3 is 5.91 Å². The van der Waals surface area contributed by atoms with Gasteiger partial charge in [-0.15, -0.1) is 5.01 Å². The lowest BCUT2D eigenvalue weighted by Gasteiger charge is -1.96. The number of carbonyl (C=O) groups is 1. The van der Waals surface area contributed by atoms with Crippen LogP contribution < -0.4 is 10.8 Å². The highest BCUT2D eigenvalue weighted by Crippen LogP contribution is 1.94. The summed E-state index contributed by atoms with van der Waals surface area (Å²) in [7, 11) is 1.60. The maximum Gasteiger partial charge on any atom is 0.439 e. The predicted octanol–water partition coefficient (Wildman–Crippen LogP) is -1.55. The molecule has 5 nitrogen and oxygen atoms in total. The molecule has 0 saturated carbocycles. The largest absolute Gasteiger partial charge is 0.439 e. The van der Waals surface area contributed by atoms with Crippen LogP contribution in [0.4, 0.5) is 0 Å². The van der Waals surface area contributed by atoms with Gasteiger partial charge in [0.1, 0.15) is 10.3 Å². The highest BCUT2D eigenvalue weighted by atomic mass is 16.2.